The van der Waals surface area contributed by atoms with Crippen LogP contribution in [0.3, 0.4) is 0 Å². The summed E-state index contributed by atoms with van der Waals surface area (Å²) < 4.78 is 39.1. The van der Waals surface area contributed by atoms with Crippen LogP contribution in [0.5, 0.6) is 11.5 Å². The molecule has 2 aromatic rings. The summed E-state index contributed by atoms with van der Waals surface area (Å²) in [7, 11) is 2.95. The Kier molecular flexibility index (Phi) is 7.09. The number of methoxy groups -OCH3 is 2. The van der Waals surface area contributed by atoms with Gasteiger partial charge in [0.2, 0.25) is 5.91 Å². The molecule has 0 unspecified atom stereocenters. The van der Waals surface area contributed by atoms with E-state index in [0.717, 1.165) is 12.8 Å². The monoisotopic (exact) mass is 432 g/mol. The Labute approximate surface area is 179 Å². The minimum absolute atomic E-state index is 0.0298. The molecule has 3 rings (SSSR count). The fourth-order valence-electron chi connectivity index (χ4n) is 4.14. The maximum absolute atomic E-state index is 14.4. The highest BCUT2D eigenvalue weighted by molar-refractivity contribution is 5.97. The minimum atomic E-state index is -0.779. The maximum Gasteiger partial charge on any atom is 0.251 e. The lowest BCUT2D eigenvalue weighted by Crippen LogP contribution is -2.44. The molecule has 0 saturated heterocycles. The summed E-state index contributed by atoms with van der Waals surface area (Å²) in [6, 6.07) is 8.48. The van der Waals surface area contributed by atoms with E-state index in [1.165, 1.54) is 38.5 Å². The largest absolute Gasteiger partial charge is 0.493 e. The Morgan fingerprint density at radius 2 is 1.61 bits per heavy atom. The van der Waals surface area contributed by atoms with Gasteiger partial charge in [0.05, 0.1) is 20.8 Å². The van der Waals surface area contributed by atoms with Crippen molar-refractivity contribution >= 4 is 11.8 Å². The molecule has 31 heavy (non-hydrogen) atoms. The number of hydrogen-bond acceptors (Lipinski definition) is 4. The van der Waals surface area contributed by atoms with E-state index >= 15 is 0 Å². The van der Waals surface area contributed by atoms with Crippen LogP contribution in [0.1, 0.15) is 41.6 Å². The number of amides is 2. The number of nitrogens with one attached hydrogen (secondary N) is 2. The Morgan fingerprint density at radius 3 is 2.23 bits per heavy atom. The van der Waals surface area contributed by atoms with Gasteiger partial charge < -0.3 is 20.1 Å². The highest BCUT2D eigenvalue weighted by atomic mass is 19.1. The zero-order valence-corrected chi connectivity index (χ0v) is 17.6. The molecular weight excluding hydrogens is 406 g/mol. The number of rotatable bonds is 8. The van der Waals surface area contributed by atoms with Gasteiger partial charge in [0.15, 0.2) is 11.5 Å². The van der Waals surface area contributed by atoms with Crippen molar-refractivity contribution in [3.8, 4) is 11.5 Å². The highest BCUT2D eigenvalue weighted by Gasteiger charge is 2.40. The van der Waals surface area contributed by atoms with E-state index in [0.29, 0.717) is 29.9 Å². The Hall–Kier alpha value is -3.16. The van der Waals surface area contributed by atoms with Crippen molar-refractivity contribution in [2.24, 2.45) is 0 Å². The van der Waals surface area contributed by atoms with Gasteiger partial charge in [-0.2, -0.15) is 0 Å². The Morgan fingerprint density at radius 1 is 0.968 bits per heavy atom. The van der Waals surface area contributed by atoms with Crippen LogP contribution in [-0.2, 0) is 10.2 Å². The fraction of sp³-hybridized carbons (Fsp3) is 0.391. The molecule has 0 atom stereocenters. The lowest BCUT2D eigenvalue weighted by molar-refractivity contribution is -0.120. The normalized spacial score (nSPS) is 14.7. The van der Waals surface area contributed by atoms with Crippen molar-refractivity contribution < 1.29 is 27.8 Å². The summed E-state index contributed by atoms with van der Waals surface area (Å²) >= 11 is 0. The molecule has 1 saturated carbocycles. The molecule has 0 spiro atoms. The summed E-state index contributed by atoms with van der Waals surface area (Å²) in [6.07, 6.45) is 2.84. The predicted octanol–water partition coefficient (Wildman–Crippen LogP) is 3.34. The third-order valence-electron chi connectivity index (χ3n) is 5.73. The van der Waals surface area contributed by atoms with Crippen molar-refractivity contribution in [1.29, 1.82) is 0 Å². The molecule has 0 aromatic heterocycles. The summed E-state index contributed by atoms with van der Waals surface area (Å²) in [5.74, 6) is -1.20. The molecule has 2 amide bonds. The van der Waals surface area contributed by atoms with Gasteiger partial charge >= 0.3 is 0 Å². The van der Waals surface area contributed by atoms with Crippen molar-refractivity contribution in [3.05, 3.63) is 59.2 Å². The molecule has 1 aliphatic rings. The SMILES string of the molecule is COc1ccc(C(=O)NCC(=O)NCC2(c3c(F)cccc3F)CCCC2)cc1OC. The fourth-order valence-corrected chi connectivity index (χ4v) is 4.14. The molecule has 0 heterocycles. The van der Waals surface area contributed by atoms with Gasteiger partial charge in [0.25, 0.3) is 5.91 Å². The van der Waals surface area contributed by atoms with E-state index in [-0.39, 0.29) is 18.7 Å². The maximum atomic E-state index is 14.4. The van der Waals surface area contributed by atoms with Crippen LogP contribution in [0.15, 0.2) is 36.4 Å². The lowest BCUT2D eigenvalue weighted by atomic mass is 9.78. The third kappa shape index (κ3) is 4.95. The molecule has 1 fully saturated rings. The molecule has 0 bridgehead atoms. The van der Waals surface area contributed by atoms with Gasteiger partial charge in [-0.1, -0.05) is 18.9 Å². The number of halogens is 2. The Bertz CT molecular complexity index is 938. The van der Waals surface area contributed by atoms with Crippen LogP contribution >= 0.6 is 0 Å². The summed E-state index contributed by atoms with van der Waals surface area (Å²) in [5, 5.41) is 5.28. The first kappa shape index (κ1) is 22.5. The molecule has 2 aromatic carbocycles. The number of benzene rings is 2. The van der Waals surface area contributed by atoms with Gasteiger partial charge in [-0.15, -0.1) is 0 Å². The van der Waals surface area contributed by atoms with Crippen LogP contribution in [-0.4, -0.2) is 39.1 Å². The summed E-state index contributed by atoms with van der Waals surface area (Å²) in [6.45, 7) is -0.154. The van der Waals surface area contributed by atoms with Crippen LogP contribution in [0.25, 0.3) is 0 Å². The van der Waals surface area contributed by atoms with Gasteiger partial charge in [-0.3, -0.25) is 9.59 Å². The average Bonchev–Trinajstić information content (AvgIpc) is 3.25. The van der Waals surface area contributed by atoms with Gasteiger partial charge in [-0.25, -0.2) is 8.78 Å². The van der Waals surface area contributed by atoms with Gasteiger partial charge in [0.1, 0.15) is 11.6 Å². The second-order valence-electron chi connectivity index (χ2n) is 7.61. The second kappa shape index (κ2) is 9.76. The molecule has 8 heteroatoms. The van der Waals surface area contributed by atoms with Crippen molar-refractivity contribution in [3.63, 3.8) is 0 Å². The second-order valence-corrected chi connectivity index (χ2v) is 7.61. The number of carbonyl (C=O) groups is 2. The van der Waals surface area contributed by atoms with E-state index < -0.39 is 28.9 Å². The zero-order chi connectivity index (χ0) is 22.4. The van der Waals surface area contributed by atoms with Gasteiger partial charge in [0, 0.05) is 23.1 Å². The van der Waals surface area contributed by atoms with Crippen LogP contribution in [0, 0.1) is 11.6 Å². The third-order valence-corrected chi connectivity index (χ3v) is 5.73. The average molecular weight is 432 g/mol. The van der Waals surface area contributed by atoms with Crippen LogP contribution < -0.4 is 20.1 Å². The molecule has 2 N–H and O–H groups in total. The molecule has 0 radical (unpaired) electrons. The van der Waals surface area contributed by atoms with Crippen molar-refractivity contribution in [2.45, 2.75) is 31.1 Å². The van der Waals surface area contributed by atoms with Crippen LogP contribution in [0.4, 0.5) is 8.78 Å². The van der Waals surface area contributed by atoms with E-state index in [1.807, 2.05) is 0 Å². The first-order chi connectivity index (χ1) is 14.9. The lowest BCUT2D eigenvalue weighted by Gasteiger charge is -2.30. The van der Waals surface area contributed by atoms with Crippen molar-refractivity contribution in [1.82, 2.24) is 10.6 Å². The van der Waals surface area contributed by atoms with E-state index in [1.54, 1.807) is 12.1 Å². The number of ether oxygens (including phenoxy) is 2. The first-order valence-corrected chi connectivity index (χ1v) is 10.1. The number of hydrogen-bond donors (Lipinski definition) is 2. The topological polar surface area (TPSA) is 76.7 Å². The first-order valence-electron chi connectivity index (χ1n) is 10.1. The molecule has 166 valence electrons. The summed E-state index contributed by atoms with van der Waals surface area (Å²) in [5.41, 5.74) is -0.438. The molecular formula is C23H26F2N2O4. The van der Waals surface area contributed by atoms with Gasteiger partial charge in [-0.05, 0) is 43.2 Å². The molecule has 6 nitrogen and oxygen atoms in total. The van der Waals surface area contributed by atoms with E-state index in [2.05, 4.69) is 10.6 Å². The zero-order valence-electron chi connectivity index (χ0n) is 17.6. The minimum Gasteiger partial charge on any atom is -0.493 e. The smallest absolute Gasteiger partial charge is 0.251 e. The van der Waals surface area contributed by atoms with E-state index in [4.69, 9.17) is 9.47 Å². The van der Waals surface area contributed by atoms with E-state index in [9.17, 15) is 18.4 Å². The number of carbonyl (C=O) groups excluding carboxylic acids is 2. The van der Waals surface area contributed by atoms with Crippen molar-refractivity contribution in [2.75, 3.05) is 27.3 Å². The quantitative estimate of drug-likeness (QED) is 0.671. The Balaban J connectivity index is 1.61. The van der Waals surface area contributed by atoms with Crippen LogP contribution in [0.2, 0.25) is 0 Å². The standard InChI is InChI=1S/C23H26F2N2O4/c1-30-18-9-8-15(12-19(18)31-2)22(29)26-13-20(28)27-14-23(10-3-4-11-23)21-16(24)6-5-7-17(21)25/h5-9,12H,3-4,10-11,13-14H2,1-2H3,(H,26,29)(H,27,28). The molecule has 0 aliphatic heterocycles. The summed E-state index contributed by atoms with van der Waals surface area (Å²) in [4.78, 5) is 24.7. The highest BCUT2D eigenvalue weighted by Crippen LogP contribution is 2.42. The predicted molar refractivity (Wildman–Crippen MR) is 111 cm³/mol. The molecule has 1 aliphatic carbocycles.